The van der Waals surface area contributed by atoms with Crippen LogP contribution in [0, 0.1) is 5.82 Å². The van der Waals surface area contributed by atoms with Crippen molar-refractivity contribution in [1.82, 2.24) is 0 Å². The first kappa shape index (κ1) is 15.5. The molecule has 1 aliphatic heterocycles. The van der Waals surface area contributed by atoms with Crippen molar-refractivity contribution in [1.29, 1.82) is 0 Å². The first-order chi connectivity index (χ1) is 10.1. The van der Waals surface area contributed by atoms with Gasteiger partial charge in [-0.05, 0) is 38.0 Å². The zero-order valence-electron chi connectivity index (χ0n) is 12.1. The number of halogens is 1. The van der Waals surface area contributed by atoms with Gasteiger partial charge in [0.15, 0.2) is 0 Å². The number of ether oxygens (including phenoxy) is 1. The molecule has 1 heterocycles. The number of aliphatic carboxylic acids is 1. The zero-order valence-corrected chi connectivity index (χ0v) is 12.1. The number of benzene rings is 1. The Hall–Kier alpha value is -1.88. The second-order valence-electron chi connectivity index (χ2n) is 5.01. The summed E-state index contributed by atoms with van der Waals surface area (Å²) in [5.74, 6) is -1.50. The largest absolute Gasteiger partial charge is 0.478 e. The quantitative estimate of drug-likeness (QED) is 0.848. The third-order valence-electron chi connectivity index (χ3n) is 3.54. The van der Waals surface area contributed by atoms with Crippen molar-refractivity contribution in [2.45, 2.75) is 25.9 Å². The van der Waals surface area contributed by atoms with Crippen molar-refractivity contribution in [2.24, 2.45) is 0 Å². The second-order valence-corrected chi connectivity index (χ2v) is 5.01. The third kappa shape index (κ3) is 4.04. The topological polar surface area (TPSA) is 49.8 Å². The highest BCUT2D eigenvalue weighted by atomic mass is 19.1. The van der Waals surface area contributed by atoms with E-state index < -0.39 is 11.8 Å². The Bertz CT molecular complexity index is 528. The van der Waals surface area contributed by atoms with E-state index in [-0.39, 0.29) is 6.10 Å². The van der Waals surface area contributed by atoms with Crippen LogP contribution in [0.25, 0.3) is 6.08 Å². The van der Waals surface area contributed by atoms with E-state index in [0.29, 0.717) is 18.7 Å². The molecular weight excluding hydrogens is 273 g/mol. The molecular formula is C16H20FNO3. The molecule has 1 unspecified atom stereocenters. The highest BCUT2D eigenvalue weighted by Gasteiger charge is 2.22. The van der Waals surface area contributed by atoms with Gasteiger partial charge in [0.25, 0.3) is 0 Å². The fourth-order valence-electron chi connectivity index (χ4n) is 2.65. The fraction of sp³-hybridized carbons (Fsp3) is 0.438. The number of piperidine rings is 1. The lowest BCUT2D eigenvalue weighted by atomic mass is 10.0. The maximum absolute atomic E-state index is 14.0. The number of hydrogen-bond donors (Lipinski definition) is 1. The molecule has 0 spiro atoms. The molecule has 0 bridgehead atoms. The molecule has 1 aliphatic rings. The summed E-state index contributed by atoms with van der Waals surface area (Å²) in [7, 11) is 0. The van der Waals surface area contributed by atoms with Gasteiger partial charge in [-0.15, -0.1) is 0 Å². The first-order valence-corrected chi connectivity index (χ1v) is 7.18. The molecule has 1 saturated heterocycles. The number of carboxylic acid groups (broad SMARTS) is 1. The maximum Gasteiger partial charge on any atom is 0.328 e. The van der Waals surface area contributed by atoms with Crippen LogP contribution in [0.15, 0.2) is 24.3 Å². The molecule has 1 aromatic rings. The van der Waals surface area contributed by atoms with Crippen LogP contribution < -0.4 is 4.90 Å². The van der Waals surface area contributed by atoms with Gasteiger partial charge >= 0.3 is 5.97 Å². The first-order valence-electron chi connectivity index (χ1n) is 7.18. The molecule has 2 rings (SSSR count). The average Bonchev–Trinajstić information content (AvgIpc) is 2.46. The Morgan fingerprint density at radius 2 is 2.38 bits per heavy atom. The smallest absolute Gasteiger partial charge is 0.328 e. The van der Waals surface area contributed by atoms with Crippen molar-refractivity contribution < 1.29 is 19.0 Å². The maximum atomic E-state index is 14.0. The van der Waals surface area contributed by atoms with E-state index in [2.05, 4.69) is 4.90 Å². The lowest BCUT2D eigenvalue weighted by molar-refractivity contribution is -0.131. The minimum Gasteiger partial charge on any atom is -0.478 e. The summed E-state index contributed by atoms with van der Waals surface area (Å²) in [6.07, 6.45) is 4.40. The third-order valence-corrected chi connectivity index (χ3v) is 3.54. The summed E-state index contributed by atoms with van der Waals surface area (Å²) >= 11 is 0. The van der Waals surface area contributed by atoms with Gasteiger partial charge in [0.05, 0.1) is 6.10 Å². The van der Waals surface area contributed by atoms with E-state index in [1.165, 1.54) is 12.1 Å². The molecule has 1 aromatic carbocycles. The van der Waals surface area contributed by atoms with E-state index in [1.807, 2.05) is 13.0 Å². The number of hydrogen-bond acceptors (Lipinski definition) is 3. The van der Waals surface area contributed by atoms with Crippen molar-refractivity contribution in [3.8, 4) is 0 Å². The van der Waals surface area contributed by atoms with Gasteiger partial charge in [0.2, 0.25) is 0 Å². The van der Waals surface area contributed by atoms with Crippen LogP contribution in [0.4, 0.5) is 10.1 Å². The minimum absolute atomic E-state index is 0.142. The molecule has 21 heavy (non-hydrogen) atoms. The van der Waals surface area contributed by atoms with Crippen LogP contribution in [0.5, 0.6) is 0 Å². The molecule has 0 aromatic heterocycles. The van der Waals surface area contributed by atoms with Crippen molar-refractivity contribution >= 4 is 17.7 Å². The standard InChI is InChI=1S/C16H20FNO3/c1-2-21-12-5-4-10-18(11-12)15-7-3-6-14(17)13(15)8-9-16(19)20/h3,6-9,12H,2,4-5,10-11H2,1H3,(H,19,20)/b9-8+. The lowest BCUT2D eigenvalue weighted by Crippen LogP contribution is -2.40. The number of nitrogens with zero attached hydrogens (tertiary/aromatic N) is 1. The highest BCUT2D eigenvalue weighted by Crippen LogP contribution is 2.28. The van der Waals surface area contributed by atoms with E-state index in [0.717, 1.165) is 31.1 Å². The van der Waals surface area contributed by atoms with Gasteiger partial charge in [-0.2, -0.15) is 0 Å². The average molecular weight is 293 g/mol. The monoisotopic (exact) mass is 293 g/mol. The Labute approximate surface area is 123 Å². The molecule has 0 radical (unpaired) electrons. The predicted molar refractivity (Wildman–Crippen MR) is 79.9 cm³/mol. The second kappa shape index (κ2) is 7.22. The molecule has 1 fully saturated rings. The molecule has 4 nitrogen and oxygen atoms in total. The summed E-state index contributed by atoms with van der Waals surface area (Å²) in [4.78, 5) is 12.7. The number of carboxylic acids is 1. The van der Waals surface area contributed by atoms with Crippen LogP contribution in [0.3, 0.4) is 0 Å². The van der Waals surface area contributed by atoms with E-state index in [4.69, 9.17) is 9.84 Å². The Morgan fingerprint density at radius 1 is 1.57 bits per heavy atom. The molecule has 1 N–H and O–H groups in total. The van der Waals surface area contributed by atoms with Crippen molar-refractivity contribution in [3.05, 3.63) is 35.7 Å². The lowest BCUT2D eigenvalue weighted by Gasteiger charge is -2.35. The fourth-order valence-corrected chi connectivity index (χ4v) is 2.65. The number of rotatable bonds is 5. The summed E-state index contributed by atoms with van der Waals surface area (Å²) in [6, 6.07) is 4.81. The van der Waals surface area contributed by atoms with E-state index in [1.54, 1.807) is 6.07 Å². The van der Waals surface area contributed by atoms with Crippen LogP contribution in [0.1, 0.15) is 25.3 Å². The van der Waals surface area contributed by atoms with Crippen LogP contribution in [0.2, 0.25) is 0 Å². The normalized spacial score (nSPS) is 19.1. The molecule has 0 aliphatic carbocycles. The number of carbonyl (C=O) groups is 1. The Balaban J connectivity index is 2.26. The summed E-state index contributed by atoms with van der Waals surface area (Å²) in [5.41, 5.74) is 1.04. The molecule has 0 amide bonds. The Morgan fingerprint density at radius 3 is 3.10 bits per heavy atom. The van der Waals surface area contributed by atoms with Crippen molar-refractivity contribution in [3.63, 3.8) is 0 Å². The van der Waals surface area contributed by atoms with Gasteiger partial charge in [0, 0.05) is 37.0 Å². The van der Waals surface area contributed by atoms with Crippen LogP contribution in [-0.2, 0) is 9.53 Å². The molecule has 5 heteroatoms. The van der Waals surface area contributed by atoms with Gasteiger partial charge in [-0.1, -0.05) is 6.07 Å². The van der Waals surface area contributed by atoms with Crippen LogP contribution in [-0.4, -0.2) is 36.9 Å². The SMILES string of the molecule is CCOC1CCCN(c2cccc(F)c2/C=C/C(=O)O)C1. The molecule has 1 atom stereocenters. The Kier molecular flexibility index (Phi) is 5.33. The highest BCUT2D eigenvalue weighted by molar-refractivity contribution is 5.87. The zero-order chi connectivity index (χ0) is 15.2. The van der Waals surface area contributed by atoms with Gasteiger partial charge < -0.3 is 14.7 Å². The van der Waals surface area contributed by atoms with Gasteiger partial charge in [-0.3, -0.25) is 0 Å². The molecule has 114 valence electrons. The predicted octanol–water partition coefficient (Wildman–Crippen LogP) is 2.93. The van der Waals surface area contributed by atoms with Gasteiger partial charge in [-0.25, -0.2) is 9.18 Å². The summed E-state index contributed by atoms with van der Waals surface area (Å²) in [5, 5.41) is 8.74. The summed E-state index contributed by atoms with van der Waals surface area (Å²) < 4.78 is 19.7. The summed E-state index contributed by atoms with van der Waals surface area (Å²) in [6.45, 7) is 4.14. The van der Waals surface area contributed by atoms with Crippen molar-refractivity contribution in [2.75, 3.05) is 24.6 Å². The van der Waals surface area contributed by atoms with Gasteiger partial charge in [0.1, 0.15) is 5.82 Å². The molecule has 0 saturated carbocycles. The van der Waals surface area contributed by atoms with E-state index in [9.17, 15) is 9.18 Å². The number of anilines is 1. The van der Waals surface area contributed by atoms with E-state index >= 15 is 0 Å². The minimum atomic E-state index is -1.09. The van der Waals surface area contributed by atoms with Crippen LogP contribution >= 0.6 is 0 Å².